The molecule has 4 nitrogen and oxygen atoms in total. The Hall–Kier alpha value is -2.40. The zero-order valence-corrected chi connectivity index (χ0v) is 13.3. The lowest BCUT2D eigenvalue weighted by atomic mass is 10.1. The van der Waals surface area contributed by atoms with Crippen LogP contribution in [0.15, 0.2) is 48.5 Å². The molecule has 1 amide bonds. The predicted octanol–water partition coefficient (Wildman–Crippen LogP) is 3.56. The lowest BCUT2D eigenvalue weighted by Crippen LogP contribution is -2.17. The highest BCUT2D eigenvalue weighted by molar-refractivity contribution is 5.92. The smallest absolute Gasteiger partial charge is 0.228 e. The maximum atomic E-state index is 12.9. The molecule has 24 heavy (non-hydrogen) atoms. The molecule has 1 atom stereocenters. The van der Waals surface area contributed by atoms with Crippen LogP contribution >= 0.6 is 0 Å². The Bertz CT molecular complexity index is 681. The number of amides is 1. The highest BCUT2D eigenvalue weighted by Crippen LogP contribution is 2.20. The van der Waals surface area contributed by atoms with E-state index in [1.54, 1.807) is 18.2 Å². The highest BCUT2D eigenvalue weighted by atomic mass is 19.1. The molecule has 1 unspecified atom stereocenters. The van der Waals surface area contributed by atoms with Crippen molar-refractivity contribution in [2.45, 2.75) is 25.4 Å². The number of hydrogen-bond donors (Lipinski definition) is 1. The van der Waals surface area contributed by atoms with Crippen molar-refractivity contribution in [3.63, 3.8) is 0 Å². The second kappa shape index (κ2) is 7.93. The molecule has 0 aliphatic carbocycles. The van der Waals surface area contributed by atoms with Crippen molar-refractivity contribution >= 4 is 11.6 Å². The van der Waals surface area contributed by atoms with Gasteiger partial charge < -0.3 is 14.8 Å². The van der Waals surface area contributed by atoms with Gasteiger partial charge in [-0.2, -0.15) is 0 Å². The van der Waals surface area contributed by atoms with E-state index < -0.39 is 0 Å². The Morgan fingerprint density at radius 1 is 1.25 bits per heavy atom. The van der Waals surface area contributed by atoms with Crippen LogP contribution in [-0.2, 0) is 16.0 Å². The molecule has 1 saturated heterocycles. The molecule has 0 bridgehead atoms. The van der Waals surface area contributed by atoms with E-state index in [1.807, 2.05) is 18.2 Å². The number of nitrogens with one attached hydrogen (secondary N) is 1. The van der Waals surface area contributed by atoms with E-state index in [0.717, 1.165) is 25.0 Å². The van der Waals surface area contributed by atoms with Crippen LogP contribution in [-0.4, -0.2) is 25.2 Å². The molecule has 1 N–H and O–H groups in total. The van der Waals surface area contributed by atoms with Crippen molar-refractivity contribution in [3.05, 3.63) is 59.9 Å². The van der Waals surface area contributed by atoms with E-state index in [2.05, 4.69) is 5.32 Å². The number of carbonyl (C=O) groups excluding carboxylic acids is 1. The highest BCUT2D eigenvalue weighted by Gasteiger charge is 2.16. The minimum Gasteiger partial charge on any atom is -0.491 e. The number of ether oxygens (including phenoxy) is 2. The number of benzene rings is 2. The molecular weight excluding hydrogens is 309 g/mol. The fourth-order valence-corrected chi connectivity index (χ4v) is 2.62. The molecular formula is C19H20FNO3. The summed E-state index contributed by atoms with van der Waals surface area (Å²) in [6, 6.07) is 13.2. The summed E-state index contributed by atoms with van der Waals surface area (Å²) in [5, 5.41) is 2.83. The maximum absolute atomic E-state index is 12.9. The Labute approximate surface area is 140 Å². The van der Waals surface area contributed by atoms with Crippen LogP contribution in [0.25, 0.3) is 0 Å². The van der Waals surface area contributed by atoms with Gasteiger partial charge in [0.2, 0.25) is 5.91 Å². The van der Waals surface area contributed by atoms with Crippen LogP contribution in [0.4, 0.5) is 10.1 Å². The first kappa shape index (κ1) is 16.5. The van der Waals surface area contributed by atoms with Crippen molar-refractivity contribution in [2.75, 3.05) is 18.5 Å². The van der Waals surface area contributed by atoms with Crippen LogP contribution in [0.3, 0.4) is 0 Å². The quantitative estimate of drug-likeness (QED) is 0.881. The molecule has 0 aromatic heterocycles. The fraction of sp³-hybridized carbons (Fsp3) is 0.316. The van der Waals surface area contributed by atoms with E-state index in [1.165, 1.54) is 12.1 Å². The van der Waals surface area contributed by atoms with Gasteiger partial charge in [-0.05, 0) is 42.7 Å². The van der Waals surface area contributed by atoms with Crippen LogP contribution in [0, 0.1) is 5.82 Å². The van der Waals surface area contributed by atoms with Gasteiger partial charge in [0.15, 0.2) is 0 Å². The molecule has 0 radical (unpaired) electrons. The zero-order valence-electron chi connectivity index (χ0n) is 13.3. The summed E-state index contributed by atoms with van der Waals surface area (Å²) in [6.45, 7) is 1.32. The number of hydrogen-bond acceptors (Lipinski definition) is 3. The molecule has 1 fully saturated rings. The van der Waals surface area contributed by atoms with Crippen LogP contribution in [0.1, 0.15) is 18.4 Å². The molecule has 0 spiro atoms. The maximum Gasteiger partial charge on any atom is 0.228 e. The first-order valence-electron chi connectivity index (χ1n) is 8.08. The summed E-state index contributed by atoms with van der Waals surface area (Å²) < 4.78 is 24.1. The van der Waals surface area contributed by atoms with Crippen LogP contribution in [0.5, 0.6) is 5.75 Å². The van der Waals surface area contributed by atoms with E-state index in [0.29, 0.717) is 18.0 Å². The SMILES string of the molecule is O=C(Cc1ccc(F)cc1)Nc1cccc(OCC2CCCO2)c1. The van der Waals surface area contributed by atoms with E-state index in [9.17, 15) is 9.18 Å². The van der Waals surface area contributed by atoms with Gasteiger partial charge in [-0.25, -0.2) is 4.39 Å². The largest absolute Gasteiger partial charge is 0.491 e. The van der Waals surface area contributed by atoms with Crippen molar-refractivity contribution in [1.82, 2.24) is 0 Å². The summed E-state index contributed by atoms with van der Waals surface area (Å²) in [7, 11) is 0. The van der Waals surface area contributed by atoms with Gasteiger partial charge in [0, 0.05) is 18.4 Å². The molecule has 3 rings (SSSR count). The van der Waals surface area contributed by atoms with Gasteiger partial charge >= 0.3 is 0 Å². The van der Waals surface area contributed by atoms with Crippen LogP contribution < -0.4 is 10.1 Å². The van der Waals surface area contributed by atoms with Crippen molar-refractivity contribution in [1.29, 1.82) is 0 Å². The third-order valence-corrected chi connectivity index (χ3v) is 3.86. The molecule has 1 heterocycles. The predicted molar refractivity (Wildman–Crippen MR) is 89.6 cm³/mol. The zero-order chi connectivity index (χ0) is 16.8. The standard InChI is InChI=1S/C19H20FNO3/c20-15-8-6-14(7-9-15)11-19(22)21-16-3-1-4-17(12-16)24-13-18-5-2-10-23-18/h1,3-4,6-9,12,18H,2,5,10-11,13H2,(H,21,22). The Kier molecular flexibility index (Phi) is 5.43. The van der Waals surface area contributed by atoms with Crippen molar-refractivity contribution < 1.29 is 18.7 Å². The average molecular weight is 329 g/mol. The summed E-state index contributed by atoms with van der Waals surface area (Å²) in [5.41, 5.74) is 1.44. The van der Waals surface area contributed by atoms with E-state index >= 15 is 0 Å². The molecule has 126 valence electrons. The Balaban J connectivity index is 1.53. The first-order chi connectivity index (χ1) is 11.7. The lowest BCUT2D eigenvalue weighted by molar-refractivity contribution is -0.115. The van der Waals surface area contributed by atoms with Crippen molar-refractivity contribution in [3.8, 4) is 5.75 Å². The minimum absolute atomic E-state index is 0.154. The molecule has 1 aliphatic rings. The summed E-state index contributed by atoms with van der Waals surface area (Å²) >= 11 is 0. The third kappa shape index (κ3) is 4.80. The molecule has 5 heteroatoms. The normalized spacial score (nSPS) is 16.8. The fourth-order valence-electron chi connectivity index (χ4n) is 2.62. The molecule has 1 aliphatic heterocycles. The number of halogens is 1. The topological polar surface area (TPSA) is 47.6 Å². The first-order valence-corrected chi connectivity index (χ1v) is 8.08. The third-order valence-electron chi connectivity index (χ3n) is 3.86. The lowest BCUT2D eigenvalue weighted by Gasteiger charge is -2.12. The van der Waals surface area contributed by atoms with Gasteiger partial charge in [-0.15, -0.1) is 0 Å². The molecule has 2 aromatic rings. The monoisotopic (exact) mass is 329 g/mol. The number of rotatable bonds is 6. The van der Waals surface area contributed by atoms with E-state index in [4.69, 9.17) is 9.47 Å². The summed E-state index contributed by atoms with van der Waals surface area (Å²) in [4.78, 5) is 12.1. The number of anilines is 1. The average Bonchev–Trinajstić information content (AvgIpc) is 3.09. The summed E-state index contributed by atoms with van der Waals surface area (Å²) in [6.07, 6.45) is 2.45. The minimum atomic E-state index is -0.310. The van der Waals surface area contributed by atoms with Gasteiger partial charge in [-0.1, -0.05) is 18.2 Å². The van der Waals surface area contributed by atoms with Gasteiger partial charge in [-0.3, -0.25) is 4.79 Å². The second-order valence-electron chi connectivity index (χ2n) is 5.83. The van der Waals surface area contributed by atoms with Crippen LogP contribution in [0.2, 0.25) is 0 Å². The van der Waals surface area contributed by atoms with Crippen molar-refractivity contribution in [2.24, 2.45) is 0 Å². The summed E-state index contributed by atoms with van der Waals surface area (Å²) in [5.74, 6) is 0.234. The molecule has 2 aromatic carbocycles. The van der Waals surface area contributed by atoms with Gasteiger partial charge in [0.25, 0.3) is 0 Å². The Morgan fingerprint density at radius 2 is 2.08 bits per heavy atom. The Morgan fingerprint density at radius 3 is 2.83 bits per heavy atom. The van der Waals surface area contributed by atoms with Gasteiger partial charge in [0.05, 0.1) is 12.5 Å². The molecule has 0 saturated carbocycles. The number of carbonyl (C=O) groups is 1. The second-order valence-corrected chi connectivity index (χ2v) is 5.83. The van der Waals surface area contributed by atoms with Gasteiger partial charge in [0.1, 0.15) is 18.2 Å². The van der Waals surface area contributed by atoms with E-state index in [-0.39, 0.29) is 24.2 Å².